The van der Waals surface area contributed by atoms with E-state index in [9.17, 15) is 9.18 Å². The molecule has 6 heteroatoms. The maximum absolute atomic E-state index is 13.3. The third kappa shape index (κ3) is 4.44. The van der Waals surface area contributed by atoms with Crippen molar-refractivity contribution in [2.75, 3.05) is 37.7 Å². The summed E-state index contributed by atoms with van der Waals surface area (Å²) in [4.78, 5) is 17.5. The van der Waals surface area contributed by atoms with Crippen molar-refractivity contribution in [1.82, 2.24) is 9.80 Å². The number of rotatable bonds is 3. The van der Waals surface area contributed by atoms with Gasteiger partial charge in [0.05, 0.1) is 16.6 Å². The molecule has 3 nitrogen and oxygen atoms in total. The molecule has 24 heavy (non-hydrogen) atoms. The SMILES string of the molecule is O=C(c1ccc(F)cc1Cl)N1CCCSCC1CN1CCCCC1. The molecule has 2 heterocycles. The van der Waals surface area contributed by atoms with Gasteiger partial charge in [-0.15, -0.1) is 0 Å². The molecule has 3 rings (SSSR count). The van der Waals surface area contributed by atoms with Crippen LogP contribution in [-0.2, 0) is 0 Å². The molecular formula is C18H24ClFN2OS. The fourth-order valence-electron chi connectivity index (χ4n) is 3.51. The van der Waals surface area contributed by atoms with E-state index in [0.717, 1.165) is 44.1 Å². The lowest BCUT2D eigenvalue weighted by Gasteiger charge is -2.36. The highest BCUT2D eigenvalue weighted by molar-refractivity contribution is 7.99. The minimum absolute atomic E-state index is 0.0653. The molecule has 2 saturated heterocycles. The summed E-state index contributed by atoms with van der Waals surface area (Å²) in [6, 6.07) is 4.24. The van der Waals surface area contributed by atoms with Gasteiger partial charge in [0.2, 0.25) is 0 Å². The fraction of sp³-hybridized carbons (Fsp3) is 0.611. The van der Waals surface area contributed by atoms with Crippen LogP contribution in [0.1, 0.15) is 36.0 Å². The van der Waals surface area contributed by atoms with Crippen molar-refractivity contribution in [2.24, 2.45) is 0 Å². The molecule has 0 aromatic heterocycles. The molecule has 1 unspecified atom stereocenters. The van der Waals surface area contributed by atoms with Crippen LogP contribution in [0, 0.1) is 5.82 Å². The highest BCUT2D eigenvalue weighted by Crippen LogP contribution is 2.24. The number of piperidine rings is 1. The molecule has 0 radical (unpaired) electrons. The Labute approximate surface area is 152 Å². The van der Waals surface area contributed by atoms with Gasteiger partial charge in [-0.3, -0.25) is 4.79 Å². The fourth-order valence-corrected chi connectivity index (χ4v) is 4.81. The predicted octanol–water partition coefficient (Wildman–Crippen LogP) is 3.91. The van der Waals surface area contributed by atoms with Gasteiger partial charge in [-0.05, 0) is 56.3 Å². The first-order valence-electron chi connectivity index (χ1n) is 8.71. The summed E-state index contributed by atoms with van der Waals surface area (Å²) >= 11 is 8.04. The van der Waals surface area contributed by atoms with Crippen molar-refractivity contribution >= 4 is 29.3 Å². The Morgan fingerprint density at radius 3 is 2.75 bits per heavy atom. The lowest BCUT2D eigenvalue weighted by molar-refractivity contribution is 0.0646. The number of likely N-dealkylation sites (tertiary alicyclic amines) is 1. The summed E-state index contributed by atoms with van der Waals surface area (Å²) in [6.45, 7) is 3.93. The van der Waals surface area contributed by atoms with Gasteiger partial charge in [-0.1, -0.05) is 18.0 Å². The first kappa shape index (κ1) is 18.0. The topological polar surface area (TPSA) is 23.6 Å². The average molecular weight is 371 g/mol. The first-order valence-corrected chi connectivity index (χ1v) is 10.2. The molecule has 1 aromatic rings. The third-order valence-electron chi connectivity index (χ3n) is 4.78. The summed E-state index contributed by atoms with van der Waals surface area (Å²) < 4.78 is 13.3. The number of benzene rings is 1. The van der Waals surface area contributed by atoms with E-state index in [4.69, 9.17) is 11.6 Å². The summed E-state index contributed by atoms with van der Waals surface area (Å²) in [5.74, 6) is 1.57. The Kier molecular flexibility index (Phi) is 6.42. The smallest absolute Gasteiger partial charge is 0.255 e. The van der Waals surface area contributed by atoms with Gasteiger partial charge in [0.25, 0.3) is 5.91 Å². The molecule has 1 aromatic carbocycles. The van der Waals surface area contributed by atoms with Crippen LogP contribution in [0.3, 0.4) is 0 Å². The number of amides is 1. The van der Waals surface area contributed by atoms with Crippen LogP contribution >= 0.6 is 23.4 Å². The number of nitrogens with zero attached hydrogens (tertiary/aromatic N) is 2. The standard InChI is InChI=1S/C18H24ClFN2OS/c19-17-11-14(20)5-6-16(17)18(23)22-9-4-10-24-13-15(22)12-21-7-2-1-3-8-21/h5-6,11,15H,1-4,7-10,12-13H2. The molecular weight excluding hydrogens is 347 g/mol. The van der Waals surface area contributed by atoms with E-state index < -0.39 is 5.82 Å². The second kappa shape index (κ2) is 8.54. The molecule has 1 amide bonds. The van der Waals surface area contributed by atoms with Crippen molar-refractivity contribution in [3.8, 4) is 0 Å². The van der Waals surface area contributed by atoms with Crippen molar-refractivity contribution in [1.29, 1.82) is 0 Å². The first-order chi connectivity index (χ1) is 11.6. The third-order valence-corrected chi connectivity index (χ3v) is 6.29. The summed E-state index contributed by atoms with van der Waals surface area (Å²) in [6.07, 6.45) is 4.80. The largest absolute Gasteiger partial charge is 0.333 e. The second-order valence-electron chi connectivity index (χ2n) is 6.57. The quantitative estimate of drug-likeness (QED) is 0.805. The summed E-state index contributed by atoms with van der Waals surface area (Å²) in [7, 11) is 0. The summed E-state index contributed by atoms with van der Waals surface area (Å²) in [5.41, 5.74) is 0.411. The van der Waals surface area contributed by atoms with Gasteiger partial charge in [0.15, 0.2) is 0 Å². The van der Waals surface area contributed by atoms with Crippen LogP contribution in [0.4, 0.5) is 4.39 Å². The Morgan fingerprint density at radius 2 is 2.00 bits per heavy atom. The maximum atomic E-state index is 13.3. The number of carbonyl (C=O) groups is 1. The molecule has 0 N–H and O–H groups in total. The van der Waals surface area contributed by atoms with E-state index in [-0.39, 0.29) is 17.0 Å². The maximum Gasteiger partial charge on any atom is 0.255 e. The molecule has 0 aliphatic carbocycles. The number of thioether (sulfide) groups is 1. The zero-order chi connectivity index (χ0) is 16.9. The number of halogens is 2. The second-order valence-corrected chi connectivity index (χ2v) is 8.12. The normalized spacial score (nSPS) is 23.1. The molecule has 2 fully saturated rings. The van der Waals surface area contributed by atoms with E-state index in [0.29, 0.717) is 5.56 Å². The highest BCUT2D eigenvalue weighted by atomic mass is 35.5. The van der Waals surface area contributed by atoms with Crippen molar-refractivity contribution < 1.29 is 9.18 Å². The number of hydrogen-bond donors (Lipinski definition) is 0. The lowest BCUT2D eigenvalue weighted by Crippen LogP contribution is -2.49. The molecule has 0 saturated carbocycles. The molecule has 132 valence electrons. The molecule has 2 aliphatic rings. The lowest BCUT2D eigenvalue weighted by atomic mass is 10.1. The van der Waals surface area contributed by atoms with Crippen LogP contribution in [-0.4, -0.2) is 59.4 Å². The van der Waals surface area contributed by atoms with Crippen molar-refractivity contribution in [2.45, 2.75) is 31.7 Å². The minimum atomic E-state index is -0.409. The Morgan fingerprint density at radius 1 is 1.21 bits per heavy atom. The Hall–Kier alpha value is -0.780. The molecule has 2 aliphatic heterocycles. The predicted molar refractivity (Wildman–Crippen MR) is 98.5 cm³/mol. The molecule has 0 spiro atoms. The highest BCUT2D eigenvalue weighted by Gasteiger charge is 2.29. The van der Waals surface area contributed by atoms with Gasteiger partial charge < -0.3 is 9.80 Å². The Balaban J connectivity index is 1.76. The van der Waals surface area contributed by atoms with Crippen LogP contribution in [0.25, 0.3) is 0 Å². The van der Waals surface area contributed by atoms with Crippen LogP contribution in [0.2, 0.25) is 5.02 Å². The van der Waals surface area contributed by atoms with E-state index in [1.54, 1.807) is 0 Å². The molecule has 1 atom stereocenters. The van der Waals surface area contributed by atoms with Gasteiger partial charge in [0.1, 0.15) is 5.82 Å². The van der Waals surface area contributed by atoms with Crippen LogP contribution in [0.15, 0.2) is 18.2 Å². The minimum Gasteiger partial charge on any atom is -0.333 e. The van der Waals surface area contributed by atoms with Crippen molar-refractivity contribution in [3.63, 3.8) is 0 Å². The average Bonchev–Trinajstić information content (AvgIpc) is 2.81. The Bertz CT molecular complexity index is 580. The van der Waals surface area contributed by atoms with Gasteiger partial charge >= 0.3 is 0 Å². The van der Waals surface area contributed by atoms with Gasteiger partial charge in [-0.25, -0.2) is 4.39 Å². The van der Waals surface area contributed by atoms with Gasteiger partial charge in [-0.2, -0.15) is 11.8 Å². The van der Waals surface area contributed by atoms with E-state index >= 15 is 0 Å². The summed E-state index contributed by atoms with van der Waals surface area (Å²) in [5, 5.41) is 0.202. The zero-order valence-corrected chi connectivity index (χ0v) is 15.4. The van der Waals surface area contributed by atoms with Crippen LogP contribution in [0.5, 0.6) is 0 Å². The monoisotopic (exact) mass is 370 g/mol. The van der Waals surface area contributed by atoms with E-state index in [2.05, 4.69) is 4.90 Å². The zero-order valence-electron chi connectivity index (χ0n) is 13.8. The van der Waals surface area contributed by atoms with Crippen molar-refractivity contribution in [3.05, 3.63) is 34.6 Å². The molecule has 0 bridgehead atoms. The van der Waals surface area contributed by atoms with Gasteiger partial charge in [0, 0.05) is 18.8 Å². The van der Waals surface area contributed by atoms with E-state index in [1.807, 2.05) is 16.7 Å². The van der Waals surface area contributed by atoms with Crippen LogP contribution < -0.4 is 0 Å². The van der Waals surface area contributed by atoms with E-state index in [1.165, 1.54) is 37.5 Å². The number of hydrogen-bond acceptors (Lipinski definition) is 3. The number of carbonyl (C=O) groups excluding carboxylic acids is 1.